The molecule has 0 radical (unpaired) electrons. The number of rotatable bonds is 16. The number of carbonyl (C=O) groups is 4. The van der Waals surface area contributed by atoms with Crippen LogP contribution < -0.4 is 18.9 Å². The van der Waals surface area contributed by atoms with Crippen molar-refractivity contribution in [2.75, 3.05) is 27.4 Å². The lowest BCUT2D eigenvalue weighted by molar-refractivity contribution is -0.141. The highest BCUT2D eigenvalue weighted by Crippen LogP contribution is 2.40. The van der Waals surface area contributed by atoms with Gasteiger partial charge in [0.05, 0.1) is 59.2 Å². The number of Topliss-reactive ketones (excluding diaryl/α,β-unsaturated/α-hetero) is 2. The minimum Gasteiger partial charge on any atom is -0.493 e. The summed E-state index contributed by atoms with van der Waals surface area (Å²) in [5.74, 6) is -4.63. The van der Waals surface area contributed by atoms with Crippen LogP contribution in [0.1, 0.15) is 52.5 Å². The Balaban J connectivity index is 1.41. The predicted octanol–water partition coefficient (Wildman–Crippen LogP) is 6.10. The maximum Gasteiger partial charge on any atom is 0.306 e. The Morgan fingerprint density at radius 1 is 0.818 bits per heavy atom. The molecule has 2 N–H and O–H groups in total. The van der Waals surface area contributed by atoms with E-state index in [1.807, 2.05) is 0 Å². The molecule has 0 saturated heterocycles. The molecule has 0 unspecified atom stereocenters. The zero-order valence-corrected chi connectivity index (χ0v) is 25.9. The minimum atomic E-state index is -1.08. The standard InChI is InChI=1S/C30H30FNO10S2/c1-14(29(35)36)8-18(33)24-10-16-22(43-24)12-20(39-3)27(26(16)31)41-6-5-7-42-28-21(40-4)13-23-17(32-28)11-25(44-23)19(34)9-15(2)30(37)38/h10-15H,5-9H2,1-4H3,(H,35,36)(H,37,38)/t14-,15-/m1/s1. The molecule has 4 rings (SSSR count). The number of methoxy groups -OCH3 is 2. The van der Waals surface area contributed by atoms with Crippen LogP contribution in [0.3, 0.4) is 0 Å². The van der Waals surface area contributed by atoms with Crippen molar-refractivity contribution < 1.29 is 52.7 Å². The number of benzene rings is 1. The largest absolute Gasteiger partial charge is 0.493 e. The molecule has 0 aliphatic rings. The Labute approximate surface area is 259 Å². The highest BCUT2D eigenvalue weighted by molar-refractivity contribution is 7.21. The van der Waals surface area contributed by atoms with E-state index in [9.17, 15) is 19.2 Å². The molecule has 3 aromatic heterocycles. The van der Waals surface area contributed by atoms with Gasteiger partial charge in [-0.1, -0.05) is 13.8 Å². The van der Waals surface area contributed by atoms with Crippen LogP contribution in [0, 0.1) is 17.7 Å². The first kappa shape index (κ1) is 32.6. The molecule has 3 heterocycles. The van der Waals surface area contributed by atoms with Crippen LogP contribution in [0.4, 0.5) is 4.39 Å². The average Bonchev–Trinajstić information content (AvgIpc) is 3.61. The highest BCUT2D eigenvalue weighted by Gasteiger charge is 2.23. The zero-order valence-electron chi connectivity index (χ0n) is 24.3. The van der Waals surface area contributed by atoms with Gasteiger partial charge in [0.25, 0.3) is 5.88 Å². The molecule has 0 amide bonds. The fourth-order valence-corrected chi connectivity index (χ4v) is 6.19. The maximum absolute atomic E-state index is 15.5. The van der Waals surface area contributed by atoms with E-state index < -0.39 is 29.6 Å². The first-order chi connectivity index (χ1) is 20.9. The molecular formula is C30H30FNO10S2. The summed E-state index contributed by atoms with van der Waals surface area (Å²) in [6, 6.07) is 6.24. The van der Waals surface area contributed by atoms with Crippen LogP contribution in [0.5, 0.6) is 23.1 Å². The molecule has 0 fully saturated rings. The molecule has 0 saturated carbocycles. The molecule has 234 valence electrons. The summed E-state index contributed by atoms with van der Waals surface area (Å²) in [5.41, 5.74) is 0.500. The fraction of sp³-hybridized carbons (Fsp3) is 0.367. The Kier molecular flexibility index (Phi) is 10.4. The van der Waals surface area contributed by atoms with E-state index in [1.54, 1.807) is 18.2 Å². The lowest BCUT2D eigenvalue weighted by Gasteiger charge is -2.13. The molecule has 44 heavy (non-hydrogen) atoms. The van der Waals surface area contributed by atoms with Crippen LogP contribution in [0.2, 0.25) is 0 Å². The van der Waals surface area contributed by atoms with Crippen molar-refractivity contribution in [1.29, 1.82) is 0 Å². The quantitative estimate of drug-likeness (QED) is 0.107. The van der Waals surface area contributed by atoms with Crippen LogP contribution in [0.15, 0.2) is 24.3 Å². The van der Waals surface area contributed by atoms with Gasteiger partial charge in [-0.2, -0.15) is 0 Å². The van der Waals surface area contributed by atoms with Crippen molar-refractivity contribution in [2.45, 2.75) is 33.1 Å². The zero-order chi connectivity index (χ0) is 32.1. The van der Waals surface area contributed by atoms with Gasteiger partial charge in [0, 0.05) is 41.5 Å². The Morgan fingerprint density at radius 3 is 1.95 bits per heavy atom. The third-order valence-corrected chi connectivity index (χ3v) is 8.94. The maximum atomic E-state index is 15.5. The Hall–Kier alpha value is -4.30. The number of aliphatic carboxylic acids is 2. The molecular weight excluding hydrogens is 617 g/mol. The lowest BCUT2D eigenvalue weighted by atomic mass is 10.0. The lowest BCUT2D eigenvalue weighted by Crippen LogP contribution is -2.13. The van der Waals surface area contributed by atoms with E-state index in [-0.39, 0.29) is 65.3 Å². The van der Waals surface area contributed by atoms with Crippen LogP contribution in [0.25, 0.3) is 20.3 Å². The van der Waals surface area contributed by atoms with E-state index in [0.29, 0.717) is 32.0 Å². The number of hydrogen-bond donors (Lipinski definition) is 2. The van der Waals surface area contributed by atoms with Gasteiger partial charge in [0.2, 0.25) is 0 Å². The van der Waals surface area contributed by atoms with E-state index in [1.165, 1.54) is 45.5 Å². The Morgan fingerprint density at radius 2 is 1.36 bits per heavy atom. The summed E-state index contributed by atoms with van der Waals surface area (Å²) in [5, 5.41) is 18.4. The second-order valence-electron chi connectivity index (χ2n) is 10.0. The number of hydrogen-bond acceptors (Lipinski definition) is 11. The predicted molar refractivity (Wildman–Crippen MR) is 162 cm³/mol. The van der Waals surface area contributed by atoms with Gasteiger partial charge in [-0.25, -0.2) is 9.37 Å². The minimum absolute atomic E-state index is 0.0499. The summed E-state index contributed by atoms with van der Waals surface area (Å²) in [6.45, 7) is 3.09. The van der Waals surface area contributed by atoms with E-state index in [0.717, 1.165) is 11.3 Å². The van der Waals surface area contributed by atoms with Gasteiger partial charge in [-0.05, 0) is 12.1 Å². The summed E-state index contributed by atoms with van der Waals surface area (Å²) in [7, 11) is 2.82. The molecule has 0 spiro atoms. The van der Waals surface area contributed by atoms with E-state index in [4.69, 9.17) is 29.2 Å². The van der Waals surface area contributed by atoms with Gasteiger partial charge in [-0.3, -0.25) is 19.2 Å². The van der Waals surface area contributed by atoms with E-state index >= 15 is 4.39 Å². The second-order valence-corrected chi connectivity index (χ2v) is 12.2. The number of carboxylic acids is 2. The van der Waals surface area contributed by atoms with Crippen LogP contribution >= 0.6 is 22.7 Å². The second kappa shape index (κ2) is 14.0. The number of carbonyl (C=O) groups excluding carboxylic acids is 2. The number of fused-ring (bicyclic) bond motifs is 2. The first-order valence-electron chi connectivity index (χ1n) is 13.5. The third kappa shape index (κ3) is 7.25. The molecule has 11 nitrogen and oxygen atoms in total. The van der Waals surface area contributed by atoms with Crippen molar-refractivity contribution in [2.24, 2.45) is 11.8 Å². The molecule has 0 aliphatic carbocycles. The number of halogens is 1. The number of carboxylic acid groups (broad SMARTS) is 2. The number of aromatic nitrogens is 1. The molecule has 2 atom stereocenters. The van der Waals surface area contributed by atoms with Gasteiger partial charge >= 0.3 is 11.9 Å². The Bertz CT molecular complexity index is 1730. The number of ketones is 2. The van der Waals surface area contributed by atoms with Gasteiger partial charge in [0.1, 0.15) is 0 Å². The van der Waals surface area contributed by atoms with Crippen molar-refractivity contribution in [1.82, 2.24) is 4.98 Å². The average molecular weight is 648 g/mol. The summed E-state index contributed by atoms with van der Waals surface area (Å²) in [6.07, 6.45) is -0.00224. The van der Waals surface area contributed by atoms with E-state index in [2.05, 4.69) is 4.98 Å². The first-order valence-corrected chi connectivity index (χ1v) is 15.1. The van der Waals surface area contributed by atoms with Crippen molar-refractivity contribution in [3.8, 4) is 23.1 Å². The normalized spacial score (nSPS) is 12.6. The summed E-state index contributed by atoms with van der Waals surface area (Å²) in [4.78, 5) is 52.4. The molecule has 0 aliphatic heterocycles. The van der Waals surface area contributed by atoms with Crippen LogP contribution in [-0.2, 0) is 9.59 Å². The number of ether oxygens (including phenoxy) is 4. The highest BCUT2D eigenvalue weighted by atomic mass is 32.1. The number of pyridine rings is 1. The summed E-state index contributed by atoms with van der Waals surface area (Å²) >= 11 is 2.24. The van der Waals surface area contributed by atoms with Gasteiger partial charge in [0.15, 0.2) is 34.6 Å². The molecule has 4 aromatic rings. The third-order valence-electron chi connectivity index (χ3n) is 6.71. The number of nitrogens with zero attached hydrogens (tertiary/aromatic N) is 1. The van der Waals surface area contributed by atoms with Crippen LogP contribution in [-0.4, -0.2) is 66.1 Å². The van der Waals surface area contributed by atoms with Crippen molar-refractivity contribution in [3.05, 3.63) is 39.8 Å². The monoisotopic (exact) mass is 647 g/mol. The van der Waals surface area contributed by atoms with Gasteiger partial charge in [-0.15, -0.1) is 22.7 Å². The van der Waals surface area contributed by atoms with Gasteiger partial charge < -0.3 is 29.2 Å². The van der Waals surface area contributed by atoms with Crippen molar-refractivity contribution in [3.63, 3.8) is 0 Å². The SMILES string of the molecule is COc1cc2sc(C(=O)C[C@@H](C)C(=O)O)cc2nc1OCCCOc1c(OC)cc2sc(C(=O)C[C@@H](C)C(=O)O)cc2c1F. The molecule has 1 aromatic carbocycles. The fourth-order valence-electron chi connectivity index (χ4n) is 4.18. The molecule has 14 heteroatoms. The molecule has 0 bridgehead atoms. The smallest absolute Gasteiger partial charge is 0.306 e. The van der Waals surface area contributed by atoms with Crippen molar-refractivity contribution >= 4 is 66.5 Å². The topological polar surface area (TPSA) is 159 Å². The summed E-state index contributed by atoms with van der Waals surface area (Å²) < 4.78 is 38.8. The number of thiophene rings is 2.